The van der Waals surface area contributed by atoms with Crippen LogP contribution in [-0.4, -0.2) is 24.3 Å². The quantitative estimate of drug-likeness (QED) is 0.795. The van der Waals surface area contributed by atoms with Crippen molar-refractivity contribution in [2.45, 2.75) is 25.8 Å². The maximum atomic E-state index is 11.8. The van der Waals surface area contributed by atoms with Crippen LogP contribution >= 0.6 is 11.3 Å². The molecule has 0 bridgehead atoms. The van der Waals surface area contributed by atoms with Crippen LogP contribution in [0, 0.1) is 5.41 Å². The number of aliphatic hydroxyl groups excluding tert-OH is 1. The molecule has 21 heavy (non-hydrogen) atoms. The zero-order valence-corrected chi connectivity index (χ0v) is 12.7. The molecule has 0 radical (unpaired) electrons. The normalized spacial score (nSPS) is 16.4. The number of benzene rings is 1. The average Bonchev–Trinajstić information content (AvgIpc) is 2.87. The van der Waals surface area contributed by atoms with Gasteiger partial charge in [0, 0.05) is 21.5 Å². The van der Waals surface area contributed by atoms with Gasteiger partial charge in [0.05, 0.1) is 13.2 Å². The van der Waals surface area contributed by atoms with Crippen molar-refractivity contribution in [2.75, 3.05) is 13.2 Å². The molecule has 3 N–H and O–H groups in total. The summed E-state index contributed by atoms with van der Waals surface area (Å²) in [7, 11) is 0. The second-order valence-corrected chi connectivity index (χ2v) is 6.97. The van der Waals surface area contributed by atoms with Gasteiger partial charge in [0.25, 0.3) is 0 Å². The van der Waals surface area contributed by atoms with Crippen LogP contribution in [0.3, 0.4) is 0 Å². The second-order valence-electron chi connectivity index (χ2n) is 5.80. The van der Waals surface area contributed by atoms with Crippen molar-refractivity contribution in [3.05, 3.63) is 35.2 Å². The van der Waals surface area contributed by atoms with E-state index in [0.29, 0.717) is 13.1 Å². The number of thiophene rings is 1. The van der Waals surface area contributed by atoms with Gasteiger partial charge >= 0.3 is 6.03 Å². The molecule has 1 aromatic carbocycles. The minimum atomic E-state index is -0.160. The summed E-state index contributed by atoms with van der Waals surface area (Å²) in [5.74, 6) is 0. The molecule has 0 unspecified atom stereocenters. The third-order valence-electron chi connectivity index (χ3n) is 4.27. The van der Waals surface area contributed by atoms with Crippen LogP contribution in [0.1, 0.15) is 24.1 Å². The zero-order chi connectivity index (χ0) is 14.7. The van der Waals surface area contributed by atoms with E-state index in [0.717, 1.165) is 24.1 Å². The van der Waals surface area contributed by atoms with Crippen molar-refractivity contribution in [2.24, 2.45) is 5.41 Å². The summed E-state index contributed by atoms with van der Waals surface area (Å²) in [6.07, 6.45) is 3.14. The van der Waals surface area contributed by atoms with Gasteiger partial charge in [0.2, 0.25) is 0 Å². The fraction of sp³-hybridized carbons (Fsp3) is 0.438. The summed E-state index contributed by atoms with van der Waals surface area (Å²) >= 11 is 1.70. The molecule has 4 nitrogen and oxygen atoms in total. The van der Waals surface area contributed by atoms with Crippen LogP contribution in [0.5, 0.6) is 0 Å². The van der Waals surface area contributed by atoms with Crippen LogP contribution < -0.4 is 10.6 Å². The Balaban J connectivity index is 1.49. The van der Waals surface area contributed by atoms with Gasteiger partial charge in [0.15, 0.2) is 0 Å². The molecule has 3 rings (SSSR count). The van der Waals surface area contributed by atoms with E-state index in [1.165, 1.54) is 10.1 Å². The molecule has 0 spiro atoms. The lowest BCUT2D eigenvalue weighted by atomic mass is 9.69. The number of aliphatic hydroxyl groups is 1. The van der Waals surface area contributed by atoms with E-state index >= 15 is 0 Å². The Labute approximate surface area is 128 Å². The molecule has 1 aliphatic carbocycles. The number of nitrogens with one attached hydrogen (secondary N) is 2. The summed E-state index contributed by atoms with van der Waals surface area (Å²) in [4.78, 5) is 13.0. The number of hydrogen-bond acceptors (Lipinski definition) is 3. The highest BCUT2D eigenvalue weighted by Crippen LogP contribution is 2.39. The number of rotatable bonds is 5. The Morgan fingerprint density at radius 2 is 2.10 bits per heavy atom. The first-order valence-corrected chi connectivity index (χ1v) is 8.12. The number of amides is 2. The standard InChI is InChI=1S/C16H20N2O2S/c19-11-16(6-3-7-16)10-18-15(20)17-9-13-8-12-4-1-2-5-14(12)21-13/h1-2,4-5,8,19H,3,6-7,9-11H2,(H2,17,18,20). The first-order chi connectivity index (χ1) is 10.2. The molecule has 1 aromatic heterocycles. The fourth-order valence-corrected chi connectivity index (χ4v) is 3.69. The predicted octanol–water partition coefficient (Wildman–Crippen LogP) is 2.86. The lowest BCUT2D eigenvalue weighted by Gasteiger charge is -2.40. The average molecular weight is 304 g/mol. The van der Waals surface area contributed by atoms with E-state index in [9.17, 15) is 9.90 Å². The highest BCUT2D eigenvalue weighted by atomic mass is 32.1. The maximum Gasteiger partial charge on any atom is 0.315 e. The first kappa shape index (κ1) is 14.4. The van der Waals surface area contributed by atoms with Gasteiger partial charge in [-0.15, -0.1) is 11.3 Å². The number of urea groups is 1. The molecule has 0 aliphatic heterocycles. The molecule has 0 saturated heterocycles. The van der Waals surface area contributed by atoms with Gasteiger partial charge in [-0.25, -0.2) is 4.79 Å². The highest BCUT2D eigenvalue weighted by molar-refractivity contribution is 7.19. The SMILES string of the molecule is O=C(NCc1cc2ccccc2s1)NCC1(CO)CCC1. The van der Waals surface area contributed by atoms with Crippen LogP contribution in [0.15, 0.2) is 30.3 Å². The van der Waals surface area contributed by atoms with Gasteiger partial charge in [0.1, 0.15) is 0 Å². The van der Waals surface area contributed by atoms with Crippen molar-refractivity contribution in [1.82, 2.24) is 10.6 Å². The van der Waals surface area contributed by atoms with Crippen molar-refractivity contribution in [3.8, 4) is 0 Å². The number of fused-ring (bicyclic) bond motifs is 1. The minimum absolute atomic E-state index is 0.0745. The Morgan fingerprint density at radius 3 is 2.76 bits per heavy atom. The molecule has 0 atom stereocenters. The fourth-order valence-electron chi connectivity index (χ4n) is 2.69. The molecular formula is C16H20N2O2S. The summed E-state index contributed by atoms with van der Waals surface area (Å²) in [6.45, 7) is 1.25. The number of hydrogen-bond donors (Lipinski definition) is 3. The summed E-state index contributed by atoms with van der Waals surface area (Å²) < 4.78 is 1.24. The topological polar surface area (TPSA) is 61.4 Å². The van der Waals surface area contributed by atoms with Gasteiger partial charge < -0.3 is 15.7 Å². The molecule has 112 valence electrons. The van der Waals surface area contributed by atoms with E-state index in [1.54, 1.807) is 11.3 Å². The van der Waals surface area contributed by atoms with E-state index in [1.807, 2.05) is 12.1 Å². The first-order valence-electron chi connectivity index (χ1n) is 7.31. The smallest absolute Gasteiger partial charge is 0.315 e. The molecule has 1 fully saturated rings. The Kier molecular flexibility index (Phi) is 4.12. The zero-order valence-electron chi connectivity index (χ0n) is 11.9. The van der Waals surface area contributed by atoms with Crippen molar-refractivity contribution < 1.29 is 9.90 Å². The van der Waals surface area contributed by atoms with Crippen LogP contribution in [0.4, 0.5) is 4.79 Å². The summed E-state index contributed by atoms with van der Waals surface area (Å²) in [5, 5.41) is 16.3. The van der Waals surface area contributed by atoms with E-state index in [2.05, 4.69) is 28.8 Å². The van der Waals surface area contributed by atoms with Gasteiger partial charge in [-0.3, -0.25) is 0 Å². The molecule has 1 saturated carbocycles. The van der Waals surface area contributed by atoms with Crippen LogP contribution in [-0.2, 0) is 6.54 Å². The Bertz CT molecular complexity index is 595. The van der Waals surface area contributed by atoms with Crippen LogP contribution in [0.25, 0.3) is 10.1 Å². The van der Waals surface area contributed by atoms with Crippen LogP contribution in [0.2, 0.25) is 0 Å². The number of carbonyl (C=O) groups excluding carboxylic acids is 1. The lowest BCUT2D eigenvalue weighted by Crippen LogP contribution is -2.47. The maximum absolute atomic E-state index is 11.8. The van der Waals surface area contributed by atoms with E-state index in [-0.39, 0.29) is 18.1 Å². The summed E-state index contributed by atoms with van der Waals surface area (Å²) in [5.41, 5.74) is -0.0745. The largest absolute Gasteiger partial charge is 0.396 e. The summed E-state index contributed by atoms with van der Waals surface area (Å²) in [6, 6.07) is 10.2. The third kappa shape index (κ3) is 3.19. The van der Waals surface area contributed by atoms with Gasteiger partial charge in [-0.2, -0.15) is 0 Å². The molecule has 2 aromatic rings. The molecular weight excluding hydrogens is 284 g/mol. The van der Waals surface area contributed by atoms with Crippen molar-refractivity contribution in [1.29, 1.82) is 0 Å². The number of carbonyl (C=O) groups is 1. The minimum Gasteiger partial charge on any atom is -0.396 e. The van der Waals surface area contributed by atoms with Gasteiger partial charge in [-0.05, 0) is 30.4 Å². The van der Waals surface area contributed by atoms with Gasteiger partial charge in [-0.1, -0.05) is 24.6 Å². The third-order valence-corrected chi connectivity index (χ3v) is 5.39. The van der Waals surface area contributed by atoms with E-state index < -0.39 is 0 Å². The predicted molar refractivity (Wildman–Crippen MR) is 85.4 cm³/mol. The Hall–Kier alpha value is -1.59. The van der Waals surface area contributed by atoms with Crippen molar-refractivity contribution >= 4 is 27.5 Å². The molecule has 5 heteroatoms. The Morgan fingerprint density at radius 1 is 1.29 bits per heavy atom. The van der Waals surface area contributed by atoms with Crippen molar-refractivity contribution in [3.63, 3.8) is 0 Å². The monoisotopic (exact) mass is 304 g/mol. The van der Waals surface area contributed by atoms with E-state index in [4.69, 9.17) is 0 Å². The second kappa shape index (κ2) is 6.03. The highest BCUT2D eigenvalue weighted by Gasteiger charge is 2.36. The molecule has 1 aliphatic rings. The molecule has 2 amide bonds. The molecule has 1 heterocycles. The lowest BCUT2D eigenvalue weighted by molar-refractivity contribution is 0.0472.